The largest absolute Gasteiger partial charge is 0.466 e. The standard InChI is InChI=1S/C17H19N3O2/c1-3-4-9-15-16-14-8-6-5-7-12(14)10-13(17(21)22-2)11-20(16)19-18-15/h5-8,10H,3-4,9,11H2,1-2H3. The van der Waals surface area contributed by atoms with Gasteiger partial charge in [0.1, 0.15) is 0 Å². The fourth-order valence-corrected chi connectivity index (χ4v) is 2.75. The number of hydrogen-bond donors (Lipinski definition) is 0. The molecule has 2 heterocycles. The van der Waals surface area contributed by atoms with Crippen LogP contribution >= 0.6 is 0 Å². The summed E-state index contributed by atoms with van der Waals surface area (Å²) < 4.78 is 6.68. The second-order valence-corrected chi connectivity index (χ2v) is 5.39. The molecule has 0 spiro atoms. The van der Waals surface area contributed by atoms with Gasteiger partial charge in [0.2, 0.25) is 0 Å². The number of aromatic nitrogens is 3. The maximum Gasteiger partial charge on any atom is 0.335 e. The summed E-state index contributed by atoms with van der Waals surface area (Å²) in [5.74, 6) is -0.326. The van der Waals surface area contributed by atoms with E-state index in [0.29, 0.717) is 12.1 Å². The van der Waals surface area contributed by atoms with E-state index in [1.807, 2.05) is 24.3 Å². The zero-order valence-corrected chi connectivity index (χ0v) is 12.9. The molecule has 0 unspecified atom stereocenters. The van der Waals surface area contributed by atoms with Crippen molar-refractivity contribution in [2.45, 2.75) is 32.7 Å². The first-order valence-electron chi connectivity index (χ1n) is 7.55. The van der Waals surface area contributed by atoms with Crippen molar-refractivity contribution in [2.75, 3.05) is 7.11 Å². The number of aryl methyl sites for hydroxylation is 1. The van der Waals surface area contributed by atoms with Gasteiger partial charge in [0.25, 0.3) is 0 Å². The number of carbonyl (C=O) groups is 1. The van der Waals surface area contributed by atoms with Crippen molar-refractivity contribution >= 4 is 12.0 Å². The van der Waals surface area contributed by atoms with Gasteiger partial charge in [-0.1, -0.05) is 42.8 Å². The van der Waals surface area contributed by atoms with Crippen molar-refractivity contribution in [3.8, 4) is 11.3 Å². The molecule has 0 N–H and O–H groups in total. The number of fused-ring (bicyclic) bond motifs is 3. The Kier molecular flexibility index (Phi) is 4.04. The van der Waals surface area contributed by atoms with E-state index in [1.54, 1.807) is 4.68 Å². The fourth-order valence-electron chi connectivity index (χ4n) is 2.75. The molecule has 1 aliphatic rings. The molecule has 0 fully saturated rings. The van der Waals surface area contributed by atoms with Crippen LogP contribution in [0.2, 0.25) is 0 Å². The number of benzene rings is 1. The lowest BCUT2D eigenvalue weighted by Crippen LogP contribution is -2.12. The van der Waals surface area contributed by atoms with Crippen LogP contribution in [0.1, 0.15) is 31.0 Å². The van der Waals surface area contributed by atoms with Gasteiger partial charge < -0.3 is 4.74 Å². The Labute approximate surface area is 129 Å². The third-order valence-electron chi connectivity index (χ3n) is 3.89. The molecular weight excluding hydrogens is 278 g/mol. The van der Waals surface area contributed by atoms with Crippen LogP contribution in [0.5, 0.6) is 0 Å². The van der Waals surface area contributed by atoms with Gasteiger partial charge in [-0.25, -0.2) is 9.48 Å². The molecule has 0 bridgehead atoms. The van der Waals surface area contributed by atoms with Crippen molar-refractivity contribution in [3.05, 3.63) is 41.1 Å². The van der Waals surface area contributed by atoms with Crippen LogP contribution in [-0.2, 0) is 22.5 Å². The van der Waals surface area contributed by atoms with E-state index in [-0.39, 0.29) is 5.97 Å². The summed E-state index contributed by atoms with van der Waals surface area (Å²) in [4.78, 5) is 12.0. The highest BCUT2D eigenvalue weighted by atomic mass is 16.5. The fraction of sp³-hybridized carbons (Fsp3) is 0.353. The normalized spacial score (nSPS) is 12.9. The summed E-state index contributed by atoms with van der Waals surface area (Å²) >= 11 is 0. The maximum absolute atomic E-state index is 12.0. The Hall–Kier alpha value is -2.43. The molecule has 0 saturated heterocycles. The van der Waals surface area contributed by atoms with Crippen LogP contribution in [0.25, 0.3) is 17.3 Å². The third kappa shape index (κ3) is 2.54. The highest BCUT2D eigenvalue weighted by Crippen LogP contribution is 2.32. The Balaban J connectivity index is 2.13. The molecule has 1 aromatic heterocycles. The smallest absolute Gasteiger partial charge is 0.335 e. The first kappa shape index (κ1) is 14.5. The first-order chi connectivity index (χ1) is 10.7. The summed E-state index contributed by atoms with van der Waals surface area (Å²) in [5, 5.41) is 8.58. The van der Waals surface area contributed by atoms with Crippen molar-refractivity contribution in [2.24, 2.45) is 0 Å². The SMILES string of the molecule is CCCCc1nnn2c1-c1ccccc1C=C(C(=O)OC)C2. The van der Waals surface area contributed by atoms with Crippen molar-refractivity contribution in [3.63, 3.8) is 0 Å². The molecule has 0 radical (unpaired) electrons. The lowest BCUT2D eigenvalue weighted by molar-refractivity contribution is -0.136. The Morgan fingerprint density at radius 2 is 2.18 bits per heavy atom. The minimum Gasteiger partial charge on any atom is -0.466 e. The van der Waals surface area contributed by atoms with Crippen LogP contribution < -0.4 is 0 Å². The van der Waals surface area contributed by atoms with E-state index in [9.17, 15) is 4.79 Å². The molecule has 3 rings (SSSR count). The number of methoxy groups -OCH3 is 1. The number of carbonyl (C=O) groups excluding carboxylic acids is 1. The van der Waals surface area contributed by atoms with E-state index in [0.717, 1.165) is 41.8 Å². The molecule has 22 heavy (non-hydrogen) atoms. The number of nitrogens with zero attached hydrogens (tertiary/aromatic N) is 3. The number of ether oxygens (including phenoxy) is 1. The molecule has 2 aromatic rings. The van der Waals surface area contributed by atoms with Gasteiger partial charge in [0, 0.05) is 5.56 Å². The van der Waals surface area contributed by atoms with Crippen LogP contribution in [0.15, 0.2) is 29.8 Å². The number of hydrogen-bond acceptors (Lipinski definition) is 4. The zero-order valence-electron chi connectivity index (χ0n) is 12.9. The third-order valence-corrected chi connectivity index (χ3v) is 3.89. The lowest BCUT2D eigenvalue weighted by atomic mass is 10.0. The van der Waals surface area contributed by atoms with Gasteiger partial charge in [-0.15, -0.1) is 5.10 Å². The molecule has 5 heteroatoms. The van der Waals surface area contributed by atoms with Crippen LogP contribution in [0.3, 0.4) is 0 Å². The van der Waals surface area contributed by atoms with Gasteiger partial charge in [0.15, 0.2) is 0 Å². The monoisotopic (exact) mass is 297 g/mol. The minimum atomic E-state index is -0.326. The average Bonchev–Trinajstić information content (AvgIpc) is 2.86. The highest BCUT2D eigenvalue weighted by molar-refractivity contribution is 5.95. The summed E-state index contributed by atoms with van der Waals surface area (Å²) in [6.45, 7) is 2.54. The van der Waals surface area contributed by atoms with Gasteiger partial charge in [-0.2, -0.15) is 0 Å². The second kappa shape index (κ2) is 6.13. The van der Waals surface area contributed by atoms with Crippen LogP contribution in [0, 0.1) is 0 Å². The van der Waals surface area contributed by atoms with E-state index in [2.05, 4.69) is 23.3 Å². The molecule has 5 nitrogen and oxygen atoms in total. The van der Waals surface area contributed by atoms with Gasteiger partial charge >= 0.3 is 5.97 Å². The number of esters is 1. The minimum absolute atomic E-state index is 0.326. The van der Waals surface area contributed by atoms with Crippen molar-refractivity contribution < 1.29 is 9.53 Å². The van der Waals surface area contributed by atoms with Gasteiger partial charge in [-0.05, 0) is 24.5 Å². The van der Waals surface area contributed by atoms with E-state index < -0.39 is 0 Å². The Morgan fingerprint density at radius 1 is 1.36 bits per heavy atom. The topological polar surface area (TPSA) is 57.0 Å². The van der Waals surface area contributed by atoms with E-state index in [1.165, 1.54) is 7.11 Å². The van der Waals surface area contributed by atoms with Crippen molar-refractivity contribution in [1.29, 1.82) is 0 Å². The Bertz CT molecular complexity index is 731. The number of rotatable bonds is 4. The predicted molar refractivity (Wildman–Crippen MR) is 84.1 cm³/mol. The molecule has 0 amide bonds. The highest BCUT2D eigenvalue weighted by Gasteiger charge is 2.23. The molecule has 0 saturated carbocycles. The Morgan fingerprint density at radius 3 is 2.95 bits per heavy atom. The van der Waals surface area contributed by atoms with Gasteiger partial charge in [0.05, 0.1) is 30.6 Å². The molecular formula is C17H19N3O2. The maximum atomic E-state index is 12.0. The average molecular weight is 297 g/mol. The summed E-state index contributed by atoms with van der Waals surface area (Å²) in [6, 6.07) is 8.02. The summed E-state index contributed by atoms with van der Waals surface area (Å²) in [6.07, 6.45) is 4.97. The summed E-state index contributed by atoms with van der Waals surface area (Å²) in [7, 11) is 1.40. The summed E-state index contributed by atoms with van der Waals surface area (Å²) in [5.41, 5.74) is 4.66. The quantitative estimate of drug-likeness (QED) is 0.814. The molecule has 0 aliphatic carbocycles. The lowest BCUT2D eigenvalue weighted by Gasteiger charge is -2.07. The van der Waals surface area contributed by atoms with E-state index >= 15 is 0 Å². The van der Waals surface area contributed by atoms with Crippen molar-refractivity contribution in [1.82, 2.24) is 15.0 Å². The van der Waals surface area contributed by atoms with Gasteiger partial charge in [-0.3, -0.25) is 0 Å². The predicted octanol–water partition coefficient (Wildman–Crippen LogP) is 2.86. The molecule has 114 valence electrons. The molecule has 1 aliphatic heterocycles. The first-order valence-corrected chi connectivity index (χ1v) is 7.55. The zero-order chi connectivity index (χ0) is 15.5. The molecule has 0 atom stereocenters. The number of unbranched alkanes of at least 4 members (excludes halogenated alkanes) is 1. The van der Waals surface area contributed by atoms with E-state index in [4.69, 9.17) is 4.74 Å². The van der Waals surface area contributed by atoms with Crippen LogP contribution in [-0.4, -0.2) is 28.1 Å². The second-order valence-electron chi connectivity index (χ2n) is 5.39. The molecule has 1 aromatic carbocycles. The van der Waals surface area contributed by atoms with Crippen LogP contribution in [0.4, 0.5) is 0 Å².